The van der Waals surface area contributed by atoms with E-state index in [0.29, 0.717) is 5.57 Å². The van der Waals surface area contributed by atoms with Gasteiger partial charge in [0, 0.05) is 5.57 Å². The van der Waals surface area contributed by atoms with Gasteiger partial charge in [0.15, 0.2) is 0 Å². The number of carbonyl (C=O) groups is 1. The van der Waals surface area contributed by atoms with Gasteiger partial charge in [-0.15, -0.1) is 0 Å². The highest BCUT2D eigenvalue weighted by Crippen LogP contribution is 1.90. The van der Waals surface area contributed by atoms with E-state index in [0.717, 1.165) is 0 Å². The van der Waals surface area contributed by atoms with Crippen molar-refractivity contribution in [3.8, 4) is 6.26 Å². The maximum Gasteiger partial charge on any atom is 0.333 e. The standard InChI is InChI=1S/C7H9NO3/c1-6(2)7(9)11-4-3-10-5-8/h1,3-4H2,2H3. The second-order valence-electron chi connectivity index (χ2n) is 1.86. The molecule has 0 radical (unpaired) electrons. The Labute approximate surface area is 65.0 Å². The average Bonchev–Trinajstić information content (AvgIpc) is 1.97. The molecule has 0 aliphatic heterocycles. The highest BCUT2D eigenvalue weighted by atomic mass is 16.6. The van der Waals surface area contributed by atoms with E-state index in [1.807, 2.05) is 0 Å². The van der Waals surface area contributed by atoms with Crippen LogP contribution < -0.4 is 0 Å². The van der Waals surface area contributed by atoms with Crippen molar-refractivity contribution in [2.75, 3.05) is 13.2 Å². The Bertz CT molecular complexity index is 192. The first-order valence-electron chi connectivity index (χ1n) is 3.02. The van der Waals surface area contributed by atoms with Crippen molar-refractivity contribution in [1.82, 2.24) is 0 Å². The molecule has 60 valence electrons. The molecule has 11 heavy (non-hydrogen) atoms. The van der Waals surface area contributed by atoms with Crippen LogP contribution in [0.2, 0.25) is 0 Å². The molecule has 0 unspecified atom stereocenters. The molecule has 0 aromatic heterocycles. The number of carbonyl (C=O) groups excluding carboxylic acids is 1. The van der Waals surface area contributed by atoms with Crippen LogP contribution in [-0.2, 0) is 14.3 Å². The molecule has 0 aliphatic rings. The first-order chi connectivity index (χ1) is 5.18. The lowest BCUT2D eigenvalue weighted by molar-refractivity contribution is -0.139. The predicted molar refractivity (Wildman–Crippen MR) is 37.3 cm³/mol. The molecule has 0 bridgehead atoms. The third-order valence-corrected chi connectivity index (χ3v) is 0.832. The van der Waals surface area contributed by atoms with Crippen LogP contribution in [-0.4, -0.2) is 19.2 Å². The Morgan fingerprint density at radius 1 is 1.64 bits per heavy atom. The highest BCUT2D eigenvalue weighted by molar-refractivity contribution is 5.86. The van der Waals surface area contributed by atoms with Gasteiger partial charge < -0.3 is 9.47 Å². The summed E-state index contributed by atoms with van der Waals surface area (Å²) in [6, 6.07) is 0. The minimum absolute atomic E-state index is 0.0826. The van der Waals surface area contributed by atoms with Gasteiger partial charge >= 0.3 is 5.97 Å². The number of hydrogen-bond acceptors (Lipinski definition) is 4. The Hall–Kier alpha value is -1.50. The first kappa shape index (κ1) is 9.50. The molecule has 0 heterocycles. The van der Waals surface area contributed by atoms with E-state index in [2.05, 4.69) is 16.1 Å². The van der Waals surface area contributed by atoms with Crippen LogP contribution in [0.1, 0.15) is 6.92 Å². The average molecular weight is 155 g/mol. The van der Waals surface area contributed by atoms with Gasteiger partial charge in [-0.3, -0.25) is 0 Å². The normalized spacial score (nSPS) is 8.00. The summed E-state index contributed by atoms with van der Waals surface area (Å²) < 4.78 is 8.85. The van der Waals surface area contributed by atoms with E-state index >= 15 is 0 Å². The molecule has 0 fully saturated rings. The van der Waals surface area contributed by atoms with Gasteiger partial charge in [-0.1, -0.05) is 6.58 Å². The number of nitrogens with zero attached hydrogens (tertiary/aromatic N) is 1. The largest absolute Gasteiger partial charge is 0.459 e. The van der Waals surface area contributed by atoms with Gasteiger partial charge in [-0.05, 0) is 6.92 Å². The summed E-state index contributed by atoms with van der Waals surface area (Å²) in [6.45, 7) is 5.10. The molecule has 0 N–H and O–H groups in total. The van der Waals surface area contributed by atoms with E-state index in [4.69, 9.17) is 5.26 Å². The smallest absolute Gasteiger partial charge is 0.333 e. The Morgan fingerprint density at radius 2 is 2.27 bits per heavy atom. The van der Waals surface area contributed by atoms with E-state index in [-0.39, 0.29) is 13.2 Å². The van der Waals surface area contributed by atoms with Crippen LogP contribution in [0, 0.1) is 11.5 Å². The summed E-state index contributed by atoms with van der Waals surface area (Å²) in [5.41, 5.74) is 0.335. The van der Waals surface area contributed by atoms with Crippen molar-refractivity contribution in [1.29, 1.82) is 5.26 Å². The van der Waals surface area contributed by atoms with Gasteiger partial charge in [0.05, 0.1) is 0 Å². The topological polar surface area (TPSA) is 59.3 Å². The molecule has 0 amide bonds. The Balaban J connectivity index is 3.34. The minimum Gasteiger partial charge on any atom is -0.459 e. The van der Waals surface area contributed by atoms with Gasteiger partial charge in [-0.2, -0.15) is 5.26 Å². The summed E-state index contributed by atoms with van der Waals surface area (Å²) in [4.78, 5) is 10.6. The predicted octanol–water partition coefficient (Wildman–Crippen LogP) is 0.603. The zero-order valence-electron chi connectivity index (χ0n) is 6.29. The second-order valence-corrected chi connectivity index (χ2v) is 1.86. The quantitative estimate of drug-likeness (QED) is 0.258. The lowest BCUT2D eigenvalue weighted by Gasteiger charge is -2.00. The molecule has 4 heteroatoms. The van der Waals surface area contributed by atoms with Crippen molar-refractivity contribution < 1.29 is 14.3 Å². The fourth-order valence-electron chi connectivity index (χ4n) is 0.345. The SMILES string of the molecule is C=C(C)C(=O)OCCOC#N. The van der Waals surface area contributed by atoms with Crippen LogP contribution in [0.3, 0.4) is 0 Å². The third-order valence-electron chi connectivity index (χ3n) is 0.832. The molecule has 0 atom stereocenters. The van der Waals surface area contributed by atoms with Gasteiger partial charge in [0.1, 0.15) is 13.2 Å². The zero-order chi connectivity index (χ0) is 8.69. The van der Waals surface area contributed by atoms with Crippen molar-refractivity contribution in [3.05, 3.63) is 12.2 Å². The van der Waals surface area contributed by atoms with Crippen molar-refractivity contribution in [3.63, 3.8) is 0 Å². The van der Waals surface area contributed by atoms with Crippen molar-refractivity contribution in [2.45, 2.75) is 6.92 Å². The van der Waals surface area contributed by atoms with Crippen LogP contribution in [0.4, 0.5) is 0 Å². The fraction of sp³-hybridized carbons (Fsp3) is 0.429. The van der Waals surface area contributed by atoms with E-state index in [1.165, 1.54) is 6.26 Å². The molecular weight excluding hydrogens is 146 g/mol. The summed E-state index contributed by atoms with van der Waals surface area (Å²) in [5, 5.41) is 7.91. The van der Waals surface area contributed by atoms with Crippen LogP contribution in [0.25, 0.3) is 0 Å². The van der Waals surface area contributed by atoms with Crippen molar-refractivity contribution >= 4 is 5.97 Å². The van der Waals surface area contributed by atoms with Gasteiger partial charge in [-0.25, -0.2) is 4.79 Å². The Kier molecular flexibility index (Phi) is 4.58. The minimum atomic E-state index is -0.466. The molecule has 4 nitrogen and oxygen atoms in total. The van der Waals surface area contributed by atoms with Gasteiger partial charge in [0.2, 0.25) is 0 Å². The first-order valence-corrected chi connectivity index (χ1v) is 3.02. The van der Waals surface area contributed by atoms with Crippen LogP contribution >= 0.6 is 0 Å². The maximum atomic E-state index is 10.6. The van der Waals surface area contributed by atoms with Crippen molar-refractivity contribution in [2.24, 2.45) is 0 Å². The molecule has 0 aromatic rings. The second kappa shape index (κ2) is 5.30. The summed E-state index contributed by atoms with van der Waals surface area (Å²) in [5.74, 6) is -0.466. The molecular formula is C7H9NO3. The fourth-order valence-corrected chi connectivity index (χ4v) is 0.345. The van der Waals surface area contributed by atoms with Crippen LogP contribution in [0.5, 0.6) is 0 Å². The molecule has 0 spiro atoms. The van der Waals surface area contributed by atoms with Gasteiger partial charge in [0.25, 0.3) is 6.26 Å². The Morgan fingerprint density at radius 3 is 2.73 bits per heavy atom. The molecule has 0 aliphatic carbocycles. The number of rotatable bonds is 4. The summed E-state index contributed by atoms with van der Waals surface area (Å²) in [7, 11) is 0. The number of ether oxygens (including phenoxy) is 2. The zero-order valence-corrected chi connectivity index (χ0v) is 6.29. The van der Waals surface area contributed by atoms with E-state index in [1.54, 1.807) is 6.92 Å². The lowest BCUT2D eigenvalue weighted by Crippen LogP contribution is -2.09. The summed E-state index contributed by atoms with van der Waals surface area (Å²) in [6.07, 6.45) is 1.46. The number of esters is 1. The molecule has 0 rings (SSSR count). The molecule has 0 aromatic carbocycles. The maximum absolute atomic E-state index is 10.6. The van der Waals surface area contributed by atoms with Crippen LogP contribution in [0.15, 0.2) is 12.2 Å². The molecule has 0 saturated carbocycles. The lowest BCUT2D eigenvalue weighted by atomic mass is 10.4. The molecule has 0 saturated heterocycles. The van der Waals surface area contributed by atoms with E-state index < -0.39 is 5.97 Å². The highest BCUT2D eigenvalue weighted by Gasteiger charge is 2.01. The summed E-state index contributed by atoms with van der Waals surface area (Å²) >= 11 is 0. The third kappa shape index (κ3) is 4.97. The van der Waals surface area contributed by atoms with E-state index in [9.17, 15) is 4.79 Å². The number of hydrogen-bond donors (Lipinski definition) is 0. The number of nitriles is 1. The monoisotopic (exact) mass is 155 g/mol.